The van der Waals surface area contributed by atoms with Crippen LogP contribution in [0, 0.1) is 0 Å². The van der Waals surface area contributed by atoms with Crippen LogP contribution >= 0.6 is 0 Å². The molecule has 2 heterocycles. The summed E-state index contributed by atoms with van der Waals surface area (Å²) < 4.78 is 1.93. The minimum atomic E-state index is -0.305. The van der Waals surface area contributed by atoms with Gasteiger partial charge in [0.25, 0.3) is 5.91 Å². The number of H-pyrrole nitrogens is 1. The van der Waals surface area contributed by atoms with E-state index < -0.39 is 0 Å². The van der Waals surface area contributed by atoms with Crippen molar-refractivity contribution in [2.45, 2.75) is 13.0 Å². The van der Waals surface area contributed by atoms with Gasteiger partial charge in [0.2, 0.25) is 0 Å². The summed E-state index contributed by atoms with van der Waals surface area (Å²) in [5, 5.41) is 17.4. The van der Waals surface area contributed by atoms with Crippen LogP contribution in [0.4, 0.5) is 0 Å². The number of aromatic amines is 1. The van der Waals surface area contributed by atoms with Gasteiger partial charge in [-0.1, -0.05) is 23.4 Å². The van der Waals surface area contributed by atoms with Gasteiger partial charge < -0.3 is 9.88 Å². The number of benzene rings is 1. The van der Waals surface area contributed by atoms with Gasteiger partial charge in [-0.2, -0.15) is 5.21 Å². The number of aryl methyl sites for hydroxylation is 1. The number of hydrogen-bond donors (Lipinski definition) is 2. The fourth-order valence-corrected chi connectivity index (χ4v) is 2.21. The molecule has 0 bridgehead atoms. The average molecular weight is 270 g/mol. The number of carbonyl (C=O) groups is 1. The second kappa shape index (κ2) is 4.76. The van der Waals surface area contributed by atoms with Crippen molar-refractivity contribution >= 4 is 16.8 Å². The number of carbonyl (C=O) groups excluding carboxylic acids is 1. The lowest BCUT2D eigenvalue weighted by Gasteiger charge is -2.09. The molecule has 2 N–H and O–H groups in total. The van der Waals surface area contributed by atoms with Gasteiger partial charge in [-0.05, 0) is 13.0 Å². The summed E-state index contributed by atoms with van der Waals surface area (Å²) in [5.41, 5.74) is 1.66. The van der Waals surface area contributed by atoms with Crippen LogP contribution in [0.1, 0.15) is 29.1 Å². The van der Waals surface area contributed by atoms with Crippen molar-refractivity contribution in [3.8, 4) is 0 Å². The largest absolute Gasteiger partial charge is 0.350 e. The first kappa shape index (κ1) is 12.3. The molecule has 0 saturated carbocycles. The molecular formula is C13H14N6O. The third-order valence-corrected chi connectivity index (χ3v) is 3.24. The Morgan fingerprint density at radius 3 is 2.95 bits per heavy atom. The van der Waals surface area contributed by atoms with Gasteiger partial charge in [0, 0.05) is 24.1 Å². The first-order chi connectivity index (χ1) is 9.66. The van der Waals surface area contributed by atoms with Crippen molar-refractivity contribution in [3.63, 3.8) is 0 Å². The molecule has 20 heavy (non-hydrogen) atoms. The Hall–Kier alpha value is -2.70. The van der Waals surface area contributed by atoms with Crippen LogP contribution in [0.2, 0.25) is 0 Å². The fraction of sp³-hybridized carbons (Fsp3) is 0.231. The number of nitrogens with zero attached hydrogens (tertiary/aromatic N) is 4. The molecule has 7 heteroatoms. The van der Waals surface area contributed by atoms with E-state index in [-0.39, 0.29) is 11.9 Å². The fourth-order valence-electron chi connectivity index (χ4n) is 2.21. The van der Waals surface area contributed by atoms with Gasteiger partial charge in [0.05, 0.1) is 11.6 Å². The van der Waals surface area contributed by atoms with E-state index in [1.54, 1.807) is 0 Å². The highest BCUT2D eigenvalue weighted by atomic mass is 16.1. The van der Waals surface area contributed by atoms with Crippen LogP contribution < -0.4 is 5.32 Å². The van der Waals surface area contributed by atoms with E-state index in [4.69, 9.17) is 0 Å². The zero-order valence-corrected chi connectivity index (χ0v) is 11.2. The maximum absolute atomic E-state index is 12.4. The Labute approximate surface area is 115 Å². The Morgan fingerprint density at radius 1 is 1.40 bits per heavy atom. The van der Waals surface area contributed by atoms with Crippen LogP contribution in [0.3, 0.4) is 0 Å². The van der Waals surface area contributed by atoms with Crippen molar-refractivity contribution in [2.75, 3.05) is 0 Å². The maximum Gasteiger partial charge on any atom is 0.254 e. The molecule has 0 aliphatic heterocycles. The number of para-hydroxylation sites is 1. The third kappa shape index (κ3) is 2.03. The maximum atomic E-state index is 12.4. The molecule has 0 radical (unpaired) electrons. The Morgan fingerprint density at radius 2 is 2.20 bits per heavy atom. The van der Waals surface area contributed by atoms with E-state index in [1.165, 1.54) is 0 Å². The first-order valence-corrected chi connectivity index (χ1v) is 6.25. The van der Waals surface area contributed by atoms with Crippen molar-refractivity contribution in [1.82, 2.24) is 30.5 Å². The highest BCUT2D eigenvalue weighted by Gasteiger charge is 2.18. The van der Waals surface area contributed by atoms with Gasteiger partial charge >= 0.3 is 0 Å². The zero-order chi connectivity index (χ0) is 14.1. The molecule has 1 unspecified atom stereocenters. The monoisotopic (exact) mass is 270 g/mol. The second-order valence-electron chi connectivity index (χ2n) is 4.64. The van der Waals surface area contributed by atoms with E-state index in [2.05, 4.69) is 25.9 Å². The van der Waals surface area contributed by atoms with E-state index in [1.807, 2.05) is 49.0 Å². The quantitative estimate of drug-likeness (QED) is 0.748. The Balaban J connectivity index is 1.90. The number of nitrogens with one attached hydrogen (secondary N) is 2. The first-order valence-electron chi connectivity index (χ1n) is 6.25. The highest BCUT2D eigenvalue weighted by molar-refractivity contribution is 6.07. The SMILES string of the molecule is CC(NC(=O)c1cn(C)c2ccccc12)c1nn[nH]n1. The van der Waals surface area contributed by atoms with Gasteiger partial charge in [-0.25, -0.2) is 0 Å². The lowest BCUT2D eigenvalue weighted by atomic mass is 10.1. The molecule has 0 saturated heterocycles. The number of amides is 1. The van der Waals surface area contributed by atoms with Crippen LogP contribution in [0.5, 0.6) is 0 Å². The summed E-state index contributed by atoms with van der Waals surface area (Å²) in [5.74, 6) is 0.303. The lowest BCUT2D eigenvalue weighted by molar-refractivity contribution is 0.0940. The molecule has 1 atom stereocenters. The number of rotatable bonds is 3. The third-order valence-electron chi connectivity index (χ3n) is 3.24. The molecule has 2 aromatic heterocycles. The lowest BCUT2D eigenvalue weighted by Crippen LogP contribution is -2.27. The van der Waals surface area contributed by atoms with Crippen LogP contribution in [-0.2, 0) is 7.05 Å². The Kier molecular flexibility index (Phi) is 2.94. The van der Waals surface area contributed by atoms with Crippen LogP contribution in [0.25, 0.3) is 10.9 Å². The van der Waals surface area contributed by atoms with Crippen LogP contribution in [-0.4, -0.2) is 31.1 Å². The average Bonchev–Trinajstić information content (AvgIpc) is 3.07. The van der Waals surface area contributed by atoms with Crippen molar-refractivity contribution in [2.24, 2.45) is 7.05 Å². The summed E-state index contributed by atoms with van der Waals surface area (Å²) >= 11 is 0. The second-order valence-corrected chi connectivity index (χ2v) is 4.64. The van der Waals surface area contributed by atoms with Crippen LogP contribution in [0.15, 0.2) is 30.5 Å². The minimum absolute atomic E-state index is 0.154. The number of hydrogen-bond acceptors (Lipinski definition) is 4. The molecule has 0 aliphatic carbocycles. The van der Waals surface area contributed by atoms with E-state index >= 15 is 0 Å². The van der Waals surface area contributed by atoms with Gasteiger partial charge in [0.15, 0.2) is 5.82 Å². The van der Waals surface area contributed by atoms with E-state index in [0.717, 1.165) is 10.9 Å². The molecular weight excluding hydrogens is 256 g/mol. The Bertz CT molecular complexity index is 745. The number of tetrazole rings is 1. The number of fused-ring (bicyclic) bond motifs is 1. The zero-order valence-electron chi connectivity index (χ0n) is 11.2. The molecule has 1 amide bonds. The predicted molar refractivity (Wildman–Crippen MR) is 73.0 cm³/mol. The number of aromatic nitrogens is 5. The summed E-state index contributed by atoms with van der Waals surface area (Å²) in [6.45, 7) is 1.81. The van der Waals surface area contributed by atoms with E-state index in [0.29, 0.717) is 11.4 Å². The minimum Gasteiger partial charge on any atom is -0.350 e. The summed E-state index contributed by atoms with van der Waals surface area (Å²) in [7, 11) is 1.92. The van der Waals surface area contributed by atoms with Crippen molar-refractivity contribution in [1.29, 1.82) is 0 Å². The van der Waals surface area contributed by atoms with E-state index in [9.17, 15) is 4.79 Å². The summed E-state index contributed by atoms with van der Waals surface area (Å²) in [4.78, 5) is 12.4. The van der Waals surface area contributed by atoms with Gasteiger partial charge in [-0.15, -0.1) is 10.2 Å². The topological polar surface area (TPSA) is 88.5 Å². The molecule has 3 aromatic rings. The molecule has 3 rings (SSSR count). The normalized spacial score (nSPS) is 12.5. The van der Waals surface area contributed by atoms with Crippen molar-refractivity contribution in [3.05, 3.63) is 41.9 Å². The van der Waals surface area contributed by atoms with Gasteiger partial charge in [0.1, 0.15) is 0 Å². The molecule has 102 valence electrons. The molecule has 1 aromatic carbocycles. The molecule has 0 spiro atoms. The molecule has 0 fully saturated rings. The highest BCUT2D eigenvalue weighted by Crippen LogP contribution is 2.20. The molecule has 0 aliphatic rings. The smallest absolute Gasteiger partial charge is 0.254 e. The summed E-state index contributed by atoms with van der Waals surface area (Å²) in [6.07, 6.45) is 1.82. The summed E-state index contributed by atoms with van der Waals surface area (Å²) in [6, 6.07) is 7.48. The van der Waals surface area contributed by atoms with Crippen molar-refractivity contribution < 1.29 is 4.79 Å². The van der Waals surface area contributed by atoms with Gasteiger partial charge in [-0.3, -0.25) is 4.79 Å². The predicted octanol–water partition coefficient (Wildman–Crippen LogP) is 1.18. The molecule has 7 nitrogen and oxygen atoms in total. The standard InChI is InChI=1S/C13H14N6O/c1-8(12-15-17-18-16-12)14-13(20)10-7-19(2)11-6-4-3-5-9(10)11/h3-8H,1-2H3,(H,14,20)(H,15,16,17,18).